The summed E-state index contributed by atoms with van der Waals surface area (Å²) in [5.74, 6) is 0.148. The second kappa shape index (κ2) is 9.72. The van der Waals surface area contributed by atoms with E-state index in [9.17, 15) is 14.0 Å². The van der Waals surface area contributed by atoms with Crippen LogP contribution in [0.2, 0.25) is 0 Å². The average molecular weight is 378 g/mol. The average Bonchev–Trinajstić information content (AvgIpc) is 2.61. The molecule has 2 amide bonds. The van der Waals surface area contributed by atoms with Crippen LogP contribution in [0.15, 0.2) is 18.2 Å². The van der Waals surface area contributed by atoms with E-state index in [1.54, 1.807) is 17.0 Å². The van der Waals surface area contributed by atoms with E-state index < -0.39 is 0 Å². The molecule has 0 saturated carbocycles. The summed E-state index contributed by atoms with van der Waals surface area (Å²) in [6, 6.07) is 4.71. The van der Waals surface area contributed by atoms with E-state index in [-0.39, 0.29) is 23.7 Å². The van der Waals surface area contributed by atoms with E-state index in [0.29, 0.717) is 43.3 Å². The van der Waals surface area contributed by atoms with Gasteiger partial charge in [0.1, 0.15) is 5.82 Å². The lowest BCUT2D eigenvalue weighted by molar-refractivity contribution is 0.101. The number of hydrogen-bond donors (Lipinski definition) is 1. The van der Waals surface area contributed by atoms with E-state index in [2.05, 4.69) is 19.2 Å². The van der Waals surface area contributed by atoms with Crippen molar-refractivity contribution in [1.82, 2.24) is 10.2 Å². The van der Waals surface area contributed by atoms with Crippen molar-refractivity contribution >= 4 is 17.5 Å². The highest BCUT2D eigenvalue weighted by Crippen LogP contribution is 2.22. The summed E-state index contributed by atoms with van der Waals surface area (Å²) in [5, 5.41) is 3.07. The van der Waals surface area contributed by atoms with Crippen molar-refractivity contribution in [2.24, 2.45) is 5.92 Å². The number of nitrogens with zero attached hydrogens (tertiary/aromatic N) is 2. The first-order chi connectivity index (χ1) is 12.8. The first-order valence-corrected chi connectivity index (χ1v) is 9.88. The summed E-state index contributed by atoms with van der Waals surface area (Å²) in [5.41, 5.74) is 0.864. The van der Waals surface area contributed by atoms with Gasteiger partial charge in [-0.1, -0.05) is 26.7 Å². The third-order valence-electron chi connectivity index (χ3n) is 5.05. The molecular formula is C21H32FN3O2. The minimum atomic E-state index is -0.389. The van der Waals surface area contributed by atoms with Crippen molar-refractivity contribution in [3.8, 4) is 0 Å². The molecule has 0 spiro atoms. The number of anilines is 1. The normalized spacial score (nSPS) is 15.8. The predicted molar refractivity (Wildman–Crippen MR) is 107 cm³/mol. The first kappa shape index (κ1) is 21.2. The highest BCUT2D eigenvalue weighted by Gasteiger charge is 2.23. The molecule has 1 fully saturated rings. The number of halogens is 1. The second-order valence-corrected chi connectivity index (χ2v) is 7.87. The molecule has 1 heterocycles. The van der Waals surface area contributed by atoms with Gasteiger partial charge in [0.25, 0.3) is 0 Å². The number of ketones is 1. The molecule has 27 heavy (non-hydrogen) atoms. The number of amides is 2. The standard InChI is InChI=1S/C21H32FN3O2/c1-15(2)6-5-7-16(3)23-21(27)25-12-10-24(11-13-25)20-9-8-18(17(4)26)14-19(20)22/h8-9,14-16H,5-7,10-13H2,1-4H3,(H,23,27)/t16-/m0/s1. The van der Waals surface area contributed by atoms with Crippen LogP contribution in [0.5, 0.6) is 0 Å². The third kappa shape index (κ3) is 6.22. The van der Waals surface area contributed by atoms with Crippen LogP contribution in [0, 0.1) is 11.7 Å². The van der Waals surface area contributed by atoms with Crippen molar-refractivity contribution in [3.05, 3.63) is 29.6 Å². The van der Waals surface area contributed by atoms with Crippen LogP contribution in [0.3, 0.4) is 0 Å². The molecule has 0 radical (unpaired) electrons. The lowest BCUT2D eigenvalue weighted by atomic mass is 10.0. The molecule has 6 heteroatoms. The number of carbonyl (C=O) groups is 2. The van der Waals surface area contributed by atoms with Gasteiger partial charge in [0.15, 0.2) is 5.78 Å². The zero-order valence-electron chi connectivity index (χ0n) is 16.9. The molecule has 1 atom stereocenters. The molecule has 1 aliphatic rings. The van der Waals surface area contributed by atoms with Crippen LogP contribution >= 0.6 is 0 Å². The number of piperazine rings is 1. The van der Waals surface area contributed by atoms with Gasteiger partial charge in [-0.3, -0.25) is 4.79 Å². The fraction of sp³-hybridized carbons (Fsp3) is 0.619. The third-order valence-corrected chi connectivity index (χ3v) is 5.05. The van der Waals surface area contributed by atoms with Crippen molar-refractivity contribution in [1.29, 1.82) is 0 Å². The molecule has 1 aromatic rings. The van der Waals surface area contributed by atoms with Gasteiger partial charge in [-0.25, -0.2) is 9.18 Å². The zero-order chi connectivity index (χ0) is 20.0. The molecule has 1 aromatic carbocycles. The minimum absolute atomic E-state index is 0.0425. The summed E-state index contributed by atoms with van der Waals surface area (Å²) in [6.07, 6.45) is 3.27. The van der Waals surface area contributed by atoms with Gasteiger partial charge < -0.3 is 15.1 Å². The largest absolute Gasteiger partial charge is 0.366 e. The van der Waals surface area contributed by atoms with Gasteiger partial charge in [0.05, 0.1) is 5.69 Å². The maximum atomic E-state index is 14.3. The van der Waals surface area contributed by atoms with E-state index >= 15 is 0 Å². The lowest BCUT2D eigenvalue weighted by Crippen LogP contribution is -2.53. The number of urea groups is 1. The van der Waals surface area contributed by atoms with E-state index in [1.165, 1.54) is 19.4 Å². The fourth-order valence-corrected chi connectivity index (χ4v) is 3.34. The summed E-state index contributed by atoms with van der Waals surface area (Å²) >= 11 is 0. The van der Waals surface area contributed by atoms with Crippen LogP contribution in [0.4, 0.5) is 14.9 Å². The van der Waals surface area contributed by atoms with Crippen molar-refractivity contribution in [2.45, 2.75) is 53.0 Å². The van der Waals surface area contributed by atoms with E-state index in [1.807, 2.05) is 11.8 Å². The maximum absolute atomic E-state index is 14.3. The topological polar surface area (TPSA) is 52.7 Å². The molecule has 0 aliphatic carbocycles. The Kier molecular flexibility index (Phi) is 7.63. The Morgan fingerprint density at radius 3 is 2.33 bits per heavy atom. The zero-order valence-corrected chi connectivity index (χ0v) is 16.9. The maximum Gasteiger partial charge on any atom is 0.317 e. The number of hydrogen-bond acceptors (Lipinski definition) is 3. The smallest absolute Gasteiger partial charge is 0.317 e. The summed E-state index contributed by atoms with van der Waals surface area (Å²) in [4.78, 5) is 27.5. The Hall–Kier alpha value is -2.11. The first-order valence-electron chi connectivity index (χ1n) is 9.88. The van der Waals surface area contributed by atoms with Gasteiger partial charge in [-0.2, -0.15) is 0 Å². The van der Waals surface area contributed by atoms with Crippen LogP contribution < -0.4 is 10.2 Å². The van der Waals surface area contributed by atoms with Crippen molar-refractivity contribution in [2.75, 3.05) is 31.1 Å². The lowest BCUT2D eigenvalue weighted by Gasteiger charge is -2.36. The molecule has 1 aliphatic heterocycles. The number of rotatable bonds is 7. The molecule has 1 N–H and O–H groups in total. The van der Waals surface area contributed by atoms with Crippen LogP contribution in [-0.4, -0.2) is 48.9 Å². The summed E-state index contributed by atoms with van der Waals surface area (Å²) in [7, 11) is 0. The second-order valence-electron chi connectivity index (χ2n) is 7.87. The Morgan fingerprint density at radius 1 is 1.11 bits per heavy atom. The van der Waals surface area contributed by atoms with Gasteiger partial charge in [0, 0.05) is 37.8 Å². The Morgan fingerprint density at radius 2 is 1.78 bits per heavy atom. The highest BCUT2D eigenvalue weighted by atomic mass is 19.1. The molecule has 0 bridgehead atoms. The molecule has 1 saturated heterocycles. The summed E-state index contributed by atoms with van der Waals surface area (Å²) in [6.45, 7) is 10.1. The van der Waals surface area contributed by atoms with Crippen LogP contribution in [0.1, 0.15) is 57.3 Å². The molecule has 2 rings (SSSR count). The van der Waals surface area contributed by atoms with Crippen LogP contribution in [0.25, 0.3) is 0 Å². The molecule has 0 unspecified atom stereocenters. The Labute approximate surface area is 161 Å². The number of benzene rings is 1. The number of Topliss-reactive ketones (excluding diaryl/α,β-unsaturated/α-hetero) is 1. The number of nitrogens with one attached hydrogen (secondary N) is 1. The number of carbonyl (C=O) groups excluding carboxylic acids is 2. The van der Waals surface area contributed by atoms with Crippen LogP contribution in [-0.2, 0) is 0 Å². The SMILES string of the molecule is CC(=O)c1ccc(N2CCN(C(=O)N[C@@H](C)CCCC(C)C)CC2)c(F)c1. The van der Waals surface area contributed by atoms with E-state index in [0.717, 1.165) is 12.8 Å². The predicted octanol–water partition coefficient (Wildman–Crippen LogP) is 4.07. The van der Waals surface area contributed by atoms with E-state index in [4.69, 9.17) is 0 Å². The molecular weight excluding hydrogens is 345 g/mol. The fourth-order valence-electron chi connectivity index (χ4n) is 3.34. The van der Waals surface area contributed by atoms with Gasteiger partial charge >= 0.3 is 6.03 Å². The molecule has 0 aromatic heterocycles. The van der Waals surface area contributed by atoms with Gasteiger partial charge in [-0.05, 0) is 44.4 Å². The molecule has 5 nitrogen and oxygen atoms in total. The summed E-state index contributed by atoms with van der Waals surface area (Å²) < 4.78 is 14.3. The van der Waals surface area contributed by atoms with Crippen molar-refractivity contribution in [3.63, 3.8) is 0 Å². The molecule has 150 valence electrons. The van der Waals surface area contributed by atoms with Gasteiger partial charge in [-0.15, -0.1) is 0 Å². The minimum Gasteiger partial charge on any atom is -0.366 e. The quantitative estimate of drug-likeness (QED) is 0.729. The van der Waals surface area contributed by atoms with Crippen molar-refractivity contribution < 1.29 is 14.0 Å². The monoisotopic (exact) mass is 377 g/mol. The highest BCUT2D eigenvalue weighted by molar-refractivity contribution is 5.94. The Bertz CT molecular complexity index is 655. The van der Waals surface area contributed by atoms with Gasteiger partial charge in [0.2, 0.25) is 0 Å². The Balaban J connectivity index is 1.82.